The lowest BCUT2D eigenvalue weighted by Gasteiger charge is -2.15. The summed E-state index contributed by atoms with van der Waals surface area (Å²) in [5.74, 6) is 0.952. The summed E-state index contributed by atoms with van der Waals surface area (Å²) in [5, 5.41) is 0.382. The van der Waals surface area contributed by atoms with Gasteiger partial charge < -0.3 is 19.1 Å². The van der Waals surface area contributed by atoms with Gasteiger partial charge in [-0.25, -0.2) is 8.42 Å². The van der Waals surface area contributed by atoms with Crippen LogP contribution in [0.15, 0.2) is 35.2 Å². The Kier molecular flexibility index (Phi) is 7.65. The largest absolute Gasteiger partial charge is 0.493 e. The standard InChI is InChI=1S/C18H22Cl2N2O5S/c1-22(2)7-8-27-15-9-12(5-6-13(15)19)21-28(23,24)18-11-17(26-4)16(25-3)10-14(18)20/h5-6,9-11,21H,7-8H2,1-4H3. The highest BCUT2D eigenvalue weighted by molar-refractivity contribution is 7.92. The summed E-state index contributed by atoms with van der Waals surface area (Å²) in [5.41, 5.74) is 0.287. The molecule has 7 nitrogen and oxygen atoms in total. The van der Waals surface area contributed by atoms with E-state index in [9.17, 15) is 8.42 Å². The molecule has 28 heavy (non-hydrogen) atoms. The molecule has 1 N–H and O–H groups in total. The quantitative estimate of drug-likeness (QED) is 0.629. The lowest BCUT2D eigenvalue weighted by Crippen LogP contribution is -2.19. The van der Waals surface area contributed by atoms with E-state index < -0.39 is 10.0 Å². The fraction of sp³-hybridized carbons (Fsp3) is 0.333. The van der Waals surface area contributed by atoms with Gasteiger partial charge in [-0.1, -0.05) is 23.2 Å². The van der Waals surface area contributed by atoms with Crippen molar-refractivity contribution in [3.05, 3.63) is 40.4 Å². The second-order valence-electron chi connectivity index (χ2n) is 6.04. The monoisotopic (exact) mass is 448 g/mol. The molecule has 0 saturated carbocycles. The van der Waals surface area contributed by atoms with Crippen molar-refractivity contribution in [2.75, 3.05) is 46.2 Å². The molecule has 154 valence electrons. The fourth-order valence-corrected chi connectivity index (χ4v) is 4.02. The maximum Gasteiger partial charge on any atom is 0.263 e. The number of hydrogen-bond donors (Lipinski definition) is 1. The molecule has 10 heteroatoms. The number of nitrogens with zero attached hydrogens (tertiary/aromatic N) is 1. The van der Waals surface area contributed by atoms with Crippen molar-refractivity contribution in [2.24, 2.45) is 0 Å². The number of anilines is 1. The Hall–Kier alpha value is -1.87. The lowest BCUT2D eigenvalue weighted by molar-refractivity contribution is 0.261. The molecular weight excluding hydrogens is 427 g/mol. The van der Waals surface area contributed by atoms with Crippen LogP contribution in [0.5, 0.6) is 17.2 Å². The Morgan fingerprint density at radius 2 is 1.61 bits per heavy atom. The maximum atomic E-state index is 12.8. The van der Waals surface area contributed by atoms with E-state index in [4.69, 9.17) is 37.4 Å². The van der Waals surface area contributed by atoms with Gasteiger partial charge in [0.1, 0.15) is 17.3 Å². The van der Waals surface area contributed by atoms with E-state index in [1.54, 1.807) is 6.07 Å². The molecule has 0 bridgehead atoms. The van der Waals surface area contributed by atoms with Gasteiger partial charge in [0.25, 0.3) is 10.0 Å². The predicted molar refractivity (Wildman–Crippen MR) is 111 cm³/mol. The number of halogens is 2. The molecule has 0 unspecified atom stereocenters. The summed E-state index contributed by atoms with van der Waals surface area (Å²) in [6.07, 6.45) is 0. The first kappa shape index (κ1) is 22.4. The van der Waals surface area contributed by atoms with Crippen LogP contribution in [0.1, 0.15) is 0 Å². The van der Waals surface area contributed by atoms with Gasteiger partial charge in [-0.3, -0.25) is 4.72 Å². The van der Waals surface area contributed by atoms with Crippen LogP contribution in [-0.2, 0) is 10.0 Å². The van der Waals surface area contributed by atoms with Crippen LogP contribution >= 0.6 is 23.2 Å². The molecule has 0 heterocycles. The zero-order valence-corrected chi connectivity index (χ0v) is 18.3. The third kappa shape index (κ3) is 5.57. The number of ether oxygens (including phenoxy) is 3. The second kappa shape index (κ2) is 9.56. The van der Waals surface area contributed by atoms with E-state index in [2.05, 4.69) is 4.72 Å². The first-order chi connectivity index (χ1) is 13.2. The Balaban J connectivity index is 2.29. The van der Waals surface area contributed by atoms with Gasteiger partial charge in [-0.05, 0) is 26.2 Å². The van der Waals surface area contributed by atoms with Crippen LogP contribution in [0, 0.1) is 0 Å². The fourth-order valence-electron chi connectivity index (χ4n) is 2.27. The minimum Gasteiger partial charge on any atom is -0.493 e. The number of hydrogen-bond acceptors (Lipinski definition) is 6. The SMILES string of the molecule is COc1cc(Cl)c(S(=O)(=O)Nc2ccc(Cl)c(OCCN(C)C)c2)cc1OC. The number of nitrogens with one attached hydrogen (secondary N) is 1. The van der Waals surface area contributed by atoms with Crippen molar-refractivity contribution >= 4 is 38.9 Å². The van der Waals surface area contributed by atoms with E-state index in [1.807, 2.05) is 19.0 Å². The van der Waals surface area contributed by atoms with E-state index in [0.717, 1.165) is 0 Å². The summed E-state index contributed by atoms with van der Waals surface area (Å²) in [7, 11) is 2.69. The summed E-state index contributed by atoms with van der Waals surface area (Å²) < 4.78 is 44.0. The number of benzene rings is 2. The van der Waals surface area contributed by atoms with Gasteiger partial charge in [-0.15, -0.1) is 0 Å². The summed E-state index contributed by atoms with van der Waals surface area (Å²) in [6, 6.07) is 7.29. The third-order valence-corrected chi connectivity index (χ3v) is 5.87. The minimum absolute atomic E-state index is 0.00145. The summed E-state index contributed by atoms with van der Waals surface area (Å²) in [6.45, 7) is 1.10. The van der Waals surface area contributed by atoms with Crippen LogP contribution in [0.4, 0.5) is 5.69 Å². The highest BCUT2D eigenvalue weighted by Gasteiger charge is 2.22. The first-order valence-corrected chi connectivity index (χ1v) is 10.4. The lowest BCUT2D eigenvalue weighted by atomic mass is 10.3. The zero-order valence-electron chi connectivity index (χ0n) is 16.0. The molecular formula is C18H22Cl2N2O5S. The highest BCUT2D eigenvalue weighted by Crippen LogP contribution is 2.36. The van der Waals surface area contributed by atoms with E-state index in [0.29, 0.717) is 29.7 Å². The molecule has 0 radical (unpaired) electrons. The first-order valence-electron chi connectivity index (χ1n) is 8.19. The van der Waals surface area contributed by atoms with Crippen molar-refractivity contribution in [1.29, 1.82) is 0 Å². The molecule has 0 aliphatic carbocycles. The van der Waals surface area contributed by atoms with Gasteiger partial charge in [0, 0.05) is 24.7 Å². The Morgan fingerprint density at radius 1 is 0.964 bits per heavy atom. The topological polar surface area (TPSA) is 77.1 Å². The third-order valence-electron chi connectivity index (χ3n) is 3.71. The van der Waals surface area contributed by atoms with Crippen molar-refractivity contribution in [2.45, 2.75) is 4.90 Å². The van der Waals surface area contributed by atoms with Crippen molar-refractivity contribution in [1.82, 2.24) is 4.90 Å². The maximum absolute atomic E-state index is 12.8. The number of sulfonamides is 1. The van der Waals surface area contributed by atoms with Crippen LogP contribution in [0.2, 0.25) is 10.0 Å². The zero-order chi connectivity index (χ0) is 20.9. The van der Waals surface area contributed by atoms with Gasteiger partial charge in [-0.2, -0.15) is 0 Å². The number of rotatable bonds is 9. The molecule has 0 saturated heterocycles. The molecule has 0 aliphatic heterocycles. The molecule has 0 fully saturated rings. The molecule has 0 aliphatic rings. The average molecular weight is 449 g/mol. The number of methoxy groups -OCH3 is 2. The van der Waals surface area contributed by atoms with Gasteiger partial charge in [0.15, 0.2) is 11.5 Å². The normalized spacial score (nSPS) is 11.4. The summed E-state index contributed by atoms with van der Waals surface area (Å²) in [4.78, 5) is 1.82. The molecule has 0 spiro atoms. The second-order valence-corrected chi connectivity index (χ2v) is 8.51. The molecule has 0 atom stereocenters. The van der Waals surface area contributed by atoms with Crippen LogP contribution in [0.25, 0.3) is 0 Å². The molecule has 2 rings (SSSR count). The Bertz CT molecular complexity index is 936. The van der Waals surface area contributed by atoms with E-state index in [1.165, 1.54) is 38.5 Å². The Labute approximate surface area is 175 Å². The van der Waals surface area contributed by atoms with E-state index in [-0.39, 0.29) is 21.4 Å². The minimum atomic E-state index is -3.99. The van der Waals surface area contributed by atoms with Gasteiger partial charge in [0.2, 0.25) is 0 Å². The molecule has 0 aromatic heterocycles. The molecule has 2 aromatic carbocycles. The molecule has 0 amide bonds. The van der Waals surface area contributed by atoms with Gasteiger partial charge in [0.05, 0.1) is 30.0 Å². The van der Waals surface area contributed by atoms with Crippen LogP contribution < -0.4 is 18.9 Å². The van der Waals surface area contributed by atoms with Crippen molar-refractivity contribution in [3.8, 4) is 17.2 Å². The average Bonchev–Trinajstić information content (AvgIpc) is 2.63. The Morgan fingerprint density at radius 3 is 2.21 bits per heavy atom. The smallest absolute Gasteiger partial charge is 0.263 e. The van der Waals surface area contributed by atoms with Crippen LogP contribution in [-0.4, -0.2) is 54.8 Å². The van der Waals surface area contributed by atoms with Crippen molar-refractivity contribution in [3.63, 3.8) is 0 Å². The summed E-state index contributed by atoms with van der Waals surface area (Å²) >= 11 is 12.3. The highest BCUT2D eigenvalue weighted by atomic mass is 35.5. The molecule has 2 aromatic rings. The predicted octanol–water partition coefficient (Wildman–Crippen LogP) is 3.75. The van der Waals surface area contributed by atoms with Gasteiger partial charge >= 0.3 is 0 Å². The van der Waals surface area contributed by atoms with E-state index >= 15 is 0 Å². The van der Waals surface area contributed by atoms with Crippen LogP contribution in [0.3, 0.4) is 0 Å². The number of likely N-dealkylation sites (N-methyl/N-ethyl adjacent to an activating group) is 1. The van der Waals surface area contributed by atoms with Crippen molar-refractivity contribution < 1.29 is 22.6 Å².